The summed E-state index contributed by atoms with van der Waals surface area (Å²) in [4.78, 5) is 13.5. The first-order valence-corrected chi connectivity index (χ1v) is 8.09. The molecule has 1 aromatic carbocycles. The summed E-state index contributed by atoms with van der Waals surface area (Å²) < 4.78 is 2.48. The van der Waals surface area contributed by atoms with Crippen LogP contribution in [0.15, 0.2) is 41.8 Å². The zero-order valence-electron chi connectivity index (χ0n) is 10.3. The smallest absolute Gasteiger partial charge is 0.176 e. The number of hydrogen-bond donors (Lipinski definition) is 0. The summed E-state index contributed by atoms with van der Waals surface area (Å²) in [6, 6.07) is 12.6. The van der Waals surface area contributed by atoms with E-state index in [9.17, 15) is 4.79 Å². The lowest BCUT2D eigenvalue weighted by molar-refractivity contribution is 0.0929. The zero-order chi connectivity index (χ0) is 12.8. The first-order valence-electron chi connectivity index (χ1n) is 6.39. The molecule has 0 saturated carbocycles. The fraction of sp³-hybridized carbons (Fsp3) is 0.188. The van der Waals surface area contributed by atoms with Crippen molar-refractivity contribution in [2.45, 2.75) is 12.8 Å². The normalized spacial score (nSPS) is 14.9. The van der Waals surface area contributed by atoms with Gasteiger partial charge in [-0.1, -0.05) is 24.3 Å². The van der Waals surface area contributed by atoms with Gasteiger partial charge in [0.2, 0.25) is 0 Å². The molecular weight excluding hydrogens is 272 g/mol. The van der Waals surface area contributed by atoms with Crippen LogP contribution in [0.3, 0.4) is 0 Å². The van der Waals surface area contributed by atoms with Crippen molar-refractivity contribution in [3.63, 3.8) is 0 Å². The Kier molecular flexibility index (Phi) is 2.57. The molecule has 3 aromatic rings. The van der Waals surface area contributed by atoms with E-state index >= 15 is 0 Å². The average molecular weight is 284 g/mol. The van der Waals surface area contributed by atoms with Gasteiger partial charge in [0.1, 0.15) is 0 Å². The largest absolute Gasteiger partial charge is 0.293 e. The Morgan fingerprint density at radius 3 is 2.47 bits per heavy atom. The molecular formula is C16H12OS2. The molecule has 0 spiro atoms. The van der Waals surface area contributed by atoms with Gasteiger partial charge >= 0.3 is 0 Å². The van der Waals surface area contributed by atoms with E-state index in [0.717, 1.165) is 17.7 Å². The van der Waals surface area contributed by atoms with Crippen molar-refractivity contribution < 1.29 is 4.79 Å². The van der Waals surface area contributed by atoms with E-state index in [1.165, 1.54) is 20.5 Å². The van der Waals surface area contributed by atoms with Crippen LogP contribution in [0.4, 0.5) is 0 Å². The predicted octanol–water partition coefficient (Wildman–Crippen LogP) is 4.56. The van der Waals surface area contributed by atoms with Gasteiger partial charge in [-0.2, -0.15) is 0 Å². The molecule has 19 heavy (non-hydrogen) atoms. The van der Waals surface area contributed by atoms with Crippen molar-refractivity contribution in [3.8, 4) is 0 Å². The summed E-state index contributed by atoms with van der Waals surface area (Å²) in [6.45, 7) is 0. The number of carbonyl (C=O) groups excluding carboxylic acids is 1. The van der Waals surface area contributed by atoms with E-state index < -0.39 is 0 Å². The maximum atomic E-state index is 12.6. The summed E-state index contributed by atoms with van der Waals surface area (Å²) >= 11 is 3.35. The number of Topliss-reactive ketones (excluding diaryl/α,β-unsaturated/α-hetero) is 1. The predicted molar refractivity (Wildman–Crippen MR) is 81.4 cm³/mol. The summed E-state index contributed by atoms with van der Waals surface area (Å²) in [5.74, 6) is 0.467. The second-order valence-electron chi connectivity index (χ2n) is 5.00. The Labute approximate surface area is 119 Å². The van der Waals surface area contributed by atoms with Crippen LogP contribution in [0, 0.1) is 5.92 Å². The molecule has 0 bridgehead atoms. The number of thiophene rings is 2. The van der Waals surface area contributed by atoms with Gasteiger partial charge in [0.05, 0.1) is 4.88 Å². The summed E-state index contributed by atoms with van der Waals surface area (Å²) in [6.07, 6.45) is 1.81. The molecule has 2 aromatic heterocycles. The number of ketones is 1. The number of rotatable bonds is 2. The van der Waals surface area contributed by atoms with Gasteiger partial charge in [-0.05, 0) is 41.5 Å². The van der Waals surface area contributed by atoms with Gasteiger partial charge in [-0.15, -0.1) is 22.7 Å². The van der Waals surface area contributed by atoms with Gasteiger partial charge < -0.3 is 0 Å². The van der Waals surface area contributed by atoms with Gasteiger partial charge in [0, 0.05) is 15.3 Å². The van der Waals surface area contributed by atoms with Gasteiger partial charge in [0.15, 0.2) is 5.78 Å². The van der Waals surface area contributed by atoms with Crippen LogP contribution in [-0.2, 0) is 12.8 Å². The molecule has 0 aliphatic heterocycles. The van der Waals surface area contributed by atoms with Crippen molar-refractivity contribution in [1.82, 2.24) is 0 Å². The first-order chi connectivity index (χ1) is 9.31. The minimum absolute atomic E-state index is 0.144. The van der Waals surface area contributed by atoms with Crippen LogP contribution in [0.2, 0.25) is 0 Å². The molecule has 4 rings (SSSR count). The average Bonchev–Trinajstić information content (AvgIpc) is 3.10. The van der Waals surface area contributed by atoms with Crippen molar-refractivity contribution in [3.05, 3.63) is 57.8 Å². The van der Waals surface area contributed by atoms with E-state index in [1.54, 1.807) is 22.7 Å². The highest BCUT2D eigenvalue weighted by Gasteiger charge is 2.28. The van der Waals surface area contributed by atoms with Gasteiger partial charge in [-0.25, -0.2) is 0 Å². The molecule has 94 valence electrons. The van der Waals surface area contributed by atoms with Crippen LogP contribution in [0.1, 0.15) is 20.8 Å². The number of benzene rings is 1. The molecule has 1 aliphatic rings. The lowest BCUT2D eigenvalue weighted by Crippen LogP contribution is -2.13. The number of carbonyl (C=O) groups is 1. The standard InChI is InChI=1S/C16H12OS2/c17-16(15-9-14-13(19-15)5-6-18-14)12-7-10-3-1-2-4-11(10)8-12/h1-6,9,12H,7-8H2. The minimum atomic E-state index is 0.144. The Morgan fingerprint density at radius 2 is 1.79 bits per heavy atom. The zero-order valence-corrected chi connectivity index (χ0v) is 11.9. The molecule has 0 unspecified atom stereocenters. The molecule has 3 heteroatoms. The van der Waals surface area contributed by atoms with Crippen molar-refractivity contribution >= 4 is 37.9 Å². The highest BCUT2D eigenvalue weighted by atomic mass is 32.1. The first kappa shape index (κ1) is 11.4. The second kappa shape index (κ2) is 4.29. The molecule has 1 aliphatic carbocycles. The maximum Gasteiger partial charge on any atom is 0.176 e. The molecule has 0 amide bonds. The Balaban J connectivity index is 1.64. The monoisotopic (exact) mass is 284 g/mol. The lowest BCUT2D eigenvalue weighted by Gasteiger charge is -2.05. The van der Waals surface area contributed by atoms with E-state index in [4.69, 9.17) is 0 Å². The van der Waals surface area contributed by atoms with Crippen LogP contribution in [-0.4, -0.2) is 5.78 Å². The molecule has 0 fully saturated rings. The molecule has 2 heterocycles. The molecule has 0 saturated heterocycles. The van der Waals surface area contributed by atoms with E-state index in [-0.39, 0.29) is 5.92 Å². The van der Waals surface area contributed by atoms with Crippen molar-refractivity contribution in [1.29, 1.82) is 0 Å². The minimum Gasteiger partial charge on any atom is -0.293 e. The quantitative estimate of drug-likeness (QED) is 0.630. The number of fused-ring (bicyclic) bond motifs is 2. The highest BCUT2D eigenvalue weighted by molar-refractivity contribution is 7.27. The summed E-state index contributed by atoms with van der Waals surface area (Å²) in [5.41, 5.74) is 2.69. The van der Waals surface area contributed by atoms with Crippen molar-refractivity contribution in [2.75, 3.05) is 0 Å². The fourth-order valence-electron chi connectivity index (χ4n) is 2.83. The third-order valence-corrected chi connectivity index (χ3v) is 5.91. The van der Waals surface area contributed by atoms with E-state index in [1.807, 2.05) is 0 Å². The molecule has 0 atom stereocenters. The van der Waals surface area contributed by atoms with E-state index in [0.29, 0.717) is 5.78 Å². The van der Waals surface area contributed by atoms with Crippen LogP contribution in [0.5, 0.6) is 0 Å². The van der Waals surface area contributed by atoms with Gasteiger partial charge in [0.25, 0.3) is 0 Å². The van der Waals surface area contributed by atoms with Crippen LogP contribution in [0.25, 0.3) is 9.40 Å². The SMILES string of the molecule is O=C(c1cc2sccc2s1)C1Cc2ccccc2C1. The fourth-order valence-corrected chi connectivity index (χ4v) is 4.96. The van der Waals surface area contributed by atoms with Gasteiger partial charge in [-0.3, -0.25) is 4.79 Å². The topological polar surface area (TPSA) is 17.1 Å². The lowest BCUT2D eigenvalue weighted by atomic mass is 10.00. The third kappa shape index (κ3) is 1.85. The molecule has 0 radical (unpaired) electrons. The van der Waals surface area contributed by atoms with Crippen molar-refractivity contribution in [2.24, 2.45) is 5.92 Å². The number of hydrogen-bond acceptors (Lipinski definition) is 3. The molecule has 1 nitrogen and oxygen atoms in total. The van der Waals surface area contributed by atoms with E-state index in [2.05, 4.69) is 41.8 Å². The summed E-state index contributed by atoms with van der Waals surface area (Å²) in [5, 5.41) is 2.08. The maximum absolute atomic E-state index is 12.6. The Hall–Kier alpha value is -1.45. The summed E-state index contributed by atoms with van der Waals surface area (Å²) in [7, 11) is 0. The molecule has 0 N–H and O–H groups in total. The Morgan fingerprint density at radius 1 is 1.05 bits per heavy atom. The van der Waals surface area contributed by atoms with Crippen LogP contribution >= 0.6 is 22.7 Å². The second-order valence-corrected chi connectivity index (χ2v) is 7.03. The Bertz CT molecular complexity index is 712. The highest BCUT2D eigenvalue weighted by Crippen LogP contribution is 2.34. The third-order valence-electron chi connectivity index (χ3n) is 3.80. The van der Waals surface area contributed by atoms with Crippen LogP contribution < -0.4 is 0 Å².